The van der Waals surface area contributed by atoms with Gasteiger partial charge >= 0.3 is 0 Å². The van der Waals surface area contributed by atoms with Gasteiger partial charge in [0.05, 0.1) is 5.56 Å². The van der Waals surface area contributed by atoms with Crippen molar-refractivity contribution in [2.24, 2.45) is 0 Å². The fraction of sp³-hybridized carbons (Fsp3) is 0.250. The van der Waals surface area contributed by atoms with Gasteiger partial charge < -0.3 is 9.26 Å². The Morgan fingerprint density at radius 3 is 2.65 bits per heavy atom. The summed E-state index contributed by atoms with van der Waals surface area (Å²) in [5.41, 5.74) is 2.40. The summed E-state index contributed by atoms with van der Waals surface area (Å²) in [4.78, 5) is 8.96. The largest absolute Gasteiger partial charge is 0.466 e. The van der Waals surface area contributed by atoms with E-state index >= 15 is 0 Å². The Morgan fingerprint density at radius 2 is 1.85 bits per heavy atom. The van der Waals surface area contributed by atoms with E-state index in [9.17, 15) is 0 Å². The molecule has 2 aromatic heterocycles. The molecular weight excluding hydrogens is 350 g/mol. The maximum atomic E-state index is 6.18. The van der Waals surface area contributed by atoms with E-state index in [0.717, 1.165) is 29.5 Å². The van der Waals surface area contributed by atoms with Gasteiger partial charge in [0.2, 0.25) is 11.7 Å². The molecule has 26 heavy (non-hydrogen) atoms. The lowest BCUT2D eigenvalue weighted by atomic mass is 9.97. The molecule has 3 aromatic rings. The highest BCUT2D eigenvalue weighted by Crippen LogP contribution is 2.40. The Labute approximate surface area is 155 Å². The van der Waals surface area contributed by atoms with E-state index in [1.165, 1.54) is 12.8 Å². The van der Waals surface area contributed by atoms with Crippen LogP contribution in [0, 0.1) is 0 Å². The Balaban J connectivity index is 1.45. The van der Waals surface area contributed by atoms with E-state index in [4.69, 9.17) is 20.9 Å². The molecule has 1 fully saturated rings. The highest BCUT2D eigenvalue weighted by molar-refractivity contribution is 6.30. The quantitative estimate of drug-likeness (QED) is 0.626. The van der Waals surface area contributed by atoms with Crippen molar-refractivity contribution in [3.8, 4) is 28.7 Å². The van der Waals surface area contributed by atoms with Gasteiger partial charge in [-0.15, -0.1) is 0 Å². The monoisotopic (exact) mass is 365 g/mol. The molecule has 2 aliphatic rings. The standard InChI is InChI=1S/C20H16ClN3O2/c21-16-5-3-13(4-6-16)17-23-19(26-24-17)15-11-14-7-10-20(8-1-2-9-20)25-18(14)22-12-15/h3-7,10-12H,1-2,8-9H2. The summed E-state index contributed by atoms with van der Waals surface area (Å²) in [7, 11) is 0. The SMILES string of the molecule is Clc1ccc(-c2noc(-c3cnc4c(c3)C=CC3(CCCC3)O4)n2)cc1. The van der Waals surface area contributed by atoms with Crippen LogP contribution in [0.25, 0.3) is 28.9 Å². The summed E-state index contributed by atoms with van der Waals surface area (Å²) in [6.07, 6.45) is 10.5. The highest BCUT2D eigenvalue weighted by atomic mass is 35.5. The van der Waals surface area contributed by atoms with E-state index in [-0.39, 0.29) is 5.60 Å². The van der Waals surface area contributed by atoms with Crippen molar-refractivity contribution in [2.75, 3.05) is 0 Å². The second-order valence-corrected chi connectivity index (χ2v) is 7.19. The predicted octanol–water partition coefficient (Wildman–Crippen LogP) is 5.17. The van der Waals surface area contributed by atoms with Crippen LogP contribution in [-0.2, 0) is 0 Å². The van der Waals surface area contributed by atoms with Crippen molar-refractivity contribution < 1.29 is 9.26 Å². The van der Waals surface area contributed by atoms with E-state index in [2.05, 4.69) is 27.3 Å². The first-order valence-electron chi connectivity index (χ1n) is 8.69. The maximum Gasteiger partial charge on any atom is 0.259 e. The van der Waals surface area contributed by atoms with Crippen molar-refractivity contribution >= 4 is 17.7 Å². The molecule has 0 saturated heterocycles. The molecule has 0 unspecified atom stereocenters. The topological polar surface area (TPSA) is 61.0 Å². The third kappa shape index (κ3) is 2.69. The fourth-order valence-corrected chi connectivity index (χ4v) is 3.68. The van der Waals surface area contributed by atoms with Crippen LogP contribution >= 0.6 is 11.6 Å². The molecule has 5 rings (SSSR count). The minimum absolute atomic E-state index is 0.159. The van der Waals surface area contributed by atoms with Crippen LogP contribution in [0.5, 0.6) is 5.88 Å². The highest BCUT2D eigenvalue weighted by Gasteiger charge is 2.36. The first-order chi connectivity index (χ1) is 12.7. The van der Waals surface area contributed by atoms with Crippen LogP contribution in [0.2, 0.25) is 5.02 Å². The van der Waals surface area contributed by atoms with Crippen LogP contribution in [-0.4, -0.2) is 20.7 Å². The number of rotatable bonds is 2. The average molecular weight is 366 g/mol. The number of aromatic nitrogens is 3. The van der Waals surface area contributed by atoms with Gasteiger partial charge in [-0.3, -0.25) is 0 Å². The molecule has 0 amide bonds. The van der Waals surface area contributed by atoms with Gasteiger partial charge in [-0.2, -0.15) is 4.98 Å². The lowest BCUT2D eigenvalue weighted by molar-refractivity contribution is 0.118. The number of ether oxygens (including phenoxy) is 1. The zero-order valence-electron chi connectivity index (χ0n) is 14.0. The van der Waals surface area contributed by atoms with Gasteiger partial charge in [0, 0.05) is 22.3 Å². The third-order valence-electron chi connectivity index (χ3n) is 4.97. The predicted molar refractivity (Wildman–Crippen MR) is 98.8 cm³/mol. The molecule has 0 radical (unpaired) electrons. The molecule has 1 aliphatic carbocycles. The van der Waals surface area contributed by atoms with Gasteiger partial charge in [0.25, 0.3) is 5.89 Å². The minimum atomic E-state index is -0.159. The Bertz CT molecular complexity index is 989. The van der Waals surface area contributed by atoms with E-state index in [1.54, 1.807) is 18.3 Å². The van der Waals surface area contributed by atoms with Crippen LogP contribution in [0.15, 0.2) is 47.1 Å². The lowest BCUT2D eigenvalue weighted by Crippen LogP contribution is -2.32. The van der Waals surface area contributed by atoms with E-state index in [1.807, 2.05) is 18.2 Å². The molecule has 1 aromatic carbocycles. The van der Waals surface area contributed by atoms with Crippen molar-refractivity contribution in [3.63, 3.8) is 0 Å². The van der Waals surface area contributed by atoms with Gasteiger partial charge in [0.15, 0.2) is 0 Å². The Morgan fingerprint density at radius 1 is 1.04 bits per heavy atom. The summed E-state index contributed by atoms with van der Waals surface area (Å²) in [5, 5.41) is 4.73. The zero-order valence-corrected chi connectivity index (χ0v) is 14.7. The summed E-state index contributed by atoms with van der Waals surface area (Å²) in [6, 6.07) is 9.29. The van der Waals surface area contributed by atoms with Crippen LogP contribution < -0.4 is 4.74 Å². The lowest BCUT2D eigenvalue weighted by Gasteiger charge is -2.30. The Hall–Kier alpha value is -2.66. The average Bonchev–Trinajstić information content (AvgIpc) is 3.32. The van der Waals surface area contributed by atoms with Crippen molar-refractivity contribution in [2.45, 2.75) is 31.3 Å². The molecule has 0 atom stereocenters. The first kappa shape index (κ1) is 15.6. The molecule has 5 nitrogen and oxygen atoms in total. The first-order valence-corrected chi connectivity index (χ1v) is 9.07. The molecule has 1 spiro atoms. The van der Waals surface area contributed by atoms with Crippen molar-refractivity contribution in [1.82, 2.24) is 15.1 Å². The van der Waals surface area contributed by atoms with Gasteiger partial charge in [-0.1, -0.05) is 16.8 Å². The Kier molecular flexibility index (Phi) is 3.57. The number of halogens is 1. The molecule has 130 valence electrons. The molecule has 6 heteroatoms. The molecular formula is C20H16ClN3O2. The normalized spacial score (nSPS) is 17.3. The van der Waals surface area contributed by atoms with E-state index < -0.39 is 0 Å². The minimum Gasteiger partial charge on any atom is -0.466 e. The summed E-state index contributed by atoms with van der Waals surface area (Å²) < 4.78 is 11.6. The number of nitrogens with zero attached hydrogens (tertiary/aromatic N) is 3. The number of pyridine rings is 1. The molecule has 3 heterocycles. The number of fused-ring (bicyclic) bond motifs is 1. The van der Waals surface area contributed by atoms with Crippen molar-refractivity contribution in [3.05, 3.63) is 53.2 Å². The van der Waals surface area contributed by atoms with Crippen LogP contribution in [0.1, 0.15) is 31.2 Å². The van der Waals surface area contributed by atoms with E-state index in [0.29, 0.717) is 22.6 Å². The van der Waals surface area contributed by atoms with Gasteiger partial charge in [0.1, 0.15) is 5.60 Å². The zero-order chi connectivity index (χ0) is 17.6. The van der Waals surface area contributed by atoms with Crippen LogP contribution in [0.3, 0.4) is 0 Å². The summed E-state index contributed by atoms with van der Waals surface area (Å²) in [5.74, 6) is 1.63. The second kappa shape index (κ2) is 5.95. The fourth-order valence-electron chi connectivity index (χ4n) is 3.56. The van der Waals surface area contributed by atoms with Gasteiger partial charge in [-0.05, 0) is 68.2 Å². The molecule has 1 aliphatic heterocycles. The van der Waals surface area contributed by atoms with Crippen LogP contribution in [0.4, 0.5) is 0 Å². The third-order valence-corrected chi connectivity index (χ3v) is 5.22. The summed E-state index contributed by atoms with van der Waals surface area (Å²) >= 11 is 5.92. The maximum absolute atomic E-state index is 6.18. The number of benzene rings is 1. The molecule has 0 bridgehead atoms. The smallest absolute Gasteiger partial charge is 0.259 e. The summed E-state index contributed by atoms with van der Waals surface area (Å²) in [6.45, 7) is 0. The van der Waals surface area contributed by atoms with Crippen molar-refractivity contribution in [1.29, 1.82) is 0 Å². The number of hydrogen-bond donors (Lipinski definition) is 0. The molecule has 1 saturated carbocycles. The molecule has 0 N–H and O–H groups in total. The number of hydrogen-bond acceptors (Lipinski definition) is 5. The second-order valence-electron chi connectivity index (χ2n) is 6.76. The van der Waals surface area contributed by atoms with Gasteiger partial charge in [-0.25, -0.2) is 4.98 Å².